The van der Waals surface area contributed by atoms with Gasteiger partial charge in [-0.1, -0.05) is 40.0 Å². The molecule has 1 aliphatic rings. The van der Waals surface area contributed by atoms with E-state index in [-0.39, 0.29) is 0 Å². The topological polar surface area (TPSA) is 12.0 Å². The highest BCUT2D eigenvalue weighted by atomic mass is 14.8. The molecule has 2 unspecified atom stereocenters. The van der Waals surface area contributed by atoms with E-state index in [2.05, 4.69) is 26.1 Å². The second kappa shape index (κ2) is 6.44. The monoisotopic (exact) mass is 197 g/mol. The number of hydrogen-bond acceptors (Lipinski definition) is 1. The molecule has 0 bridgehead atoms. The van der Waals surface area contributed by atoms with E-state index in [1.165, 1.54) is 45.2 Å². The van der Waals surface area contributed by atoms with Crippen molar-refractivity contribution >= 4 is 0 Å². The Hall–Kier alpha value is -0.0400. The van der Waals surface area contributed by atoms with Gasteiger partial charge in [-0.2, -0.15) is 0 Å². The molecule has 1 N–H and O–H groups in total. The Kier molecular flexibility index (Phi) is 5.54. The smallest absolute Gasteiger partial charge is 0.00258 e. The van der Waals surface area contributed by atoms with Crippen LogP contribution in [-0.2, 0) is 0 Å². The summed E-state index contributed by atoms with van der Waals surface area (Å²) in [5.74, 6) is 2.79. The lowest BCUT2D eigenvalue weighted by Gasteiger charge is -2.26. The van der Waals surface area contributed by atoms with E-state index in [0.29, 0.717) is 0 Å². The Morgan fingerprint density at radius 1 is 1.29 bits per heavy atom. The zero-order valence-electron chi connectivity index (χ0n) is 10.2. The van der Waals surface area contributed by atoms with Gasteiger partial charge in [-0.3, -0.25) is 0 Å². The highest BCUT2D eigenvalue weighted by Gasteiger charge is 2.17. The van der Waals surface area contributed by atoms with Gasteiger partial charge in [0.1, 0.15) is 0 Å². The van der Waals surface area contributed by atoms with E-state index in [0.717, 1.165) is 17.8 Å². The summed E-state index contributed by atoms with van der Waals surface area (Å²) in [7, 11) is 0. The van der Waals surface area contributed by atoms with Crippen LogP contribution in [0.25, 0.3) is 0 Å². The predicted molar refractivity (Wildman–Crippen MR) is 63.4 cm³/mol. The van der Waals surface area contributed by atoms with Crippen molar-refractivity contribution in [1.82, 2.24) is 5.32 Å². The first-order valence-electron chi connectivity index (χ1n) is 6.39. The van der Waals surface area contributed by atoms with Crippen molar-refractivity contribution in [1.29, 1.82) is 0 Å². The molecule has 0 saturated heterocycles. The van der Waals surface area contributed by atoms with Crippen LogP contribution in [0.5, 0.6) is 0 Å². The quantitative estimate of drug-likeness (QED) is 0.666. The molecule has 0 aliphatic heterocycles. The maximum absolute atomic E-state index is 3.55. The second-order valence-corrected chi connectivity index (χ2v) is 5.52. The van der Waals surface area contributed by atoms with E-state index >= 15 is 0 Å². The fourth-order valence-corrected chi connectivity index (χ4v) is 2.52. The number of rotatable bonds is 5. The van der Waals surface area contributed by atoms with Crippen LogP contribution >= 0.6 is 0 Å². The molecule has 14 heavy (non-hydrogen) atoms. The van der Waals surface area contributed by atoms with Gasteiger partial charge in [0.2, 0.25) is 0 Å². The fraction of sp³-hybridized carbons (Fsp3) is 1.00. The van der Waals surface area contributed by atoms with Crippen LogP contribution in [0.4, 0.5) is 0 Å². The summed E-state index contributed by atoms with van der Waals surface area (Å²) in [6.07, 6.45) is 7.29. The summed E-state index contributed by atoms with van der Waals surface area (Å²) in [6.45, 7) is 9.37. The minimum atomic E-state index is 0.792. The van der Waals surface area contributed by atoms with Gasteiger partial charge in [-0.25, -0.2) is 0 Å². The fourth-order valence-electron chi connectivity index (χ4n) is 2.52. The molecular weight excluding hydrogens is 170 g/mol. The second-order valence-electron chi connectivity index (χ2n) is 5.52. The lowest BCUT2D eigenvalue weighted by Crippen LogP contribution is -2.24. The van der Waals surface area contributed by atoms with E-state index in [1.54, 1.807) is 0 Å². The van der Waals surface area contributed by atoms with Crippen LogP contribution in [0.1, 0.15) is 52.9 Å². The molecule has 84 valence electrons. The van der Waals surface area contributed by atoms with Crippen molar-refractivity contribution in [3.05, 3.63) is 0 Å². The van der Waals surface area contributed by atoms with Crippen molar-refractivity contribution in [3.63, 3.8) is 0 Å². The molecule has 0 spiro atoms. The molecule has 1 aliphatic carbocycles. The summed E-state index contributed by atoms with van der Waals surface area (Å²) in [4.78, 5) is 0. The van der Waals surface area contributed by atoms with Crippen molar-refractivity contribution < 1.29 is 0 Å². The van der Waals surface area contributed by atoms with Gasteiger partial charge in [-0.15, -0.1) is 0 Å². The maximum atomic E-state index is 3.55. The van der Waals surface area contributed by atoms with Crippen molar-refractivity contribution in [2.75, 3.05) is 13.1 Å². The van der Waals surface area contributed by atoms with E-state index in [9.17, 15) is 0 Å². The molecule has 1 rings (SSSR count). The first-order chi connectivity index (χ1) is 6.68. The van der Waals surface area contributed by atoms with Crippen LogP contribution in [0.3, 0.4) is 0 Å². The van der Waals surface area contributed by atoms with Crippen LogP contribution in [0.2, 0.25) is 0 Å². The van der Waals surface area contributed by atoms with E-state index in [1.807, 2.05) is 0 Å². The Morgan fingerprint density at radius 2 is 2.07 bits per heavy atom. The molecule has 0 amide bonds. The third-order valence-corrected chi connectivity index (χ3v) is 3.33. The highest BCUT2D eigenvalue weighted by Crippen LogP contribution is 2.30. The van der Waals surface area contributed by atoms with Gasteiger partial charge in [0.25, 0.3) is 0 Å². The average molecular weight is 197 g/mol. The molecule has 1 saturated carbocycles. The third-order valence-electron chi connectivity index (χ3n) is 3.33. The van der Waals surface area contributed by atoms with Crippen LogP contribution in [0.15, 0.2) is 0 Å². The highest BCUT2D eigenvalue weighted by molar-refractivity contribution is 4.71. The molecule has 0 aromatic carbocycles. The SMILES string of the molecule is CC(C)CNCCC1CCCC(C)C1. The largest absolute Gasteiger partial charge is 0.316 e. The first-order valence-corrected chi connectivity index (χ1v) is 6.39. The lowest BCUT2D eigenvalue weighted by molar-refractivity contribution is 0.267. The van der Waals surface area contributed by atoms with E-state index < -0.39 is 0 Å². The van der Waals surface area contributed by atoms with Crippen molar-refractivity contribution in [3.8, 4) is 0 Å². The zero-order chi connectivity index (χ0) is 10.4. The minimum Gasteiger partial charge on any atom is -0.316 e. The van der Waals surface area contributed by atoms with Crippen LogP contribution in [-0.4, -0.2) is 13.1 Å². The van der Waals surface area contributed by atoms with Gasteiger partial charge in [0, 0.05) is 0 Å². The van der Waals surface area contributed by atoms with Crippen LogP contribution < -0.4 is 5.32 Å². The van der Waals surface area contributed by atoms with Crippen molar-refractivity contribution in [2.45, 2.75) is 52.9 Å². The molecule has 1 heteroatoms. The van der Waals surface area contributed by atoms with Gasteiger partial charge in [0.05, 0.1) is 0 Å². The predicted octanol–water partition coefficient (Wildman–Crippen LogP) is 3.45. The Bertz CT molecular complexity index is 142. The molecule has 0 aromatic heterocycles. The summed E-state index contributed by atoms with van der Waals surface area (Å²) in [5, 5.41) is 3.55. The molecular formula is C13H27N. The van der Waals surface area contributed by atoms with Gasteiger partial charge >= 0.3 is 0 Å². The normalized spacial score (nSPS) is 28.3. The minimum absolute atomic E-state index is 0.792. The zero-order valence-corrected chi connectivity index (χ0v) is 10.2. The molecule has 1 fully saturated rings. The summed E-state index contributed by atoms with van der Waals surface area (Å²) < 4.78 is 0. The Labute approximate surface area is 89.7 Å². The van der Waals surface area contributed by atoms with Crippen LogP contribution in [0, 0.1) is 17.8 Å². The summed E-state index contributed by atoms with van der Waals surface area (Å²) in [5.41, 5.74) is 0. The average Bonchev–Trinajstić information content (AvgIpc) is 2.12. The van der Waals surface area contributed by atoms with Gasteiger partial charge < -0.3 is 5.32 Å². The Morgan fingerprint density at radius 3 is 2.71 bits per heavy atom. The number of nitrogens with one attached hydrogen (secondary N) is 1. The van der Waals surface area contributed by atoms with Crippen molar-refractivity contribution in [2.24, 2.45) is 17.8 Å². The molecule has 0 radical (unpaired) electrons. The first kappa shape index (κ1) is 12.0. The summed E-state index contributed by atoms with van der Waals surface area (Å²) >= 11 is 0. The molecule has 0 heterocycles. The van der Waals surface area contributed by atoms with Gasteiger partial charge in [-0.05, 0) is 43.7 Å². The molecule has 0 aromatic rings. The lowest BCUT2D eigenvalue weighted by atomic mass is 9.81. The third kappa shape index (κ3) is 4.99. The molecule has 2 atom stereocenters. The maximum Gasteiger partial charge on any atom is -0.00258 e. The van der Waals surface area contributed by atoms with Gasteiger partial charge in [0.15, 0.2) is 0 Å². The number of hydrogen-bond donors (Lipinski definition) is 1. The molecule has 1 nitrogen and oxygen atoms in total. The Balaban J connectivity index is 2.00. The van der Waals surface area contributed by atoms with E-state index in [4.69, 9.17) is 0 Å². The summed E-state index contributed by atoms with van der Waals surface area (Å²) in [6, 6.07) is 0. The standard InChI is InChI=1S/C13H27N/c1-11(2)10-14-8-7-13-6-4-5-12(3)9-13/h11-14H,4-10H2,1-3H3.